The van der Waals surface area contributed by atoms with Gasteiger partial charge in [0, 0.05) is 31.9 Å². The molecule has 1 aromatic carbocycles. The van der Waals surface area contributed by atoms with Crippen LogP contribution in [0.25, 0.3) is 0 Å². The van der Waals surface area contributed by atoms with Crippen LogP contribution in [0.2, 0.25) is 0 Å². The summed E-state index contributed by atoms with van der Waals surface area (Å²) in [6.07, 6.45) is 0. The maximum absolute atomic E-state index is 12.8. The van der Waals surface area contributed by atoms with Gasteiger partial charge in [-0.25, -0.2) is 4.39 Å². The monoisotopic (exact) mass is 324 g/mol. The number of hydrogen-bond acceptors (Lipinski definition) is 3. The highest BCUT2D eigenvalue weighted by atomic mass is 35.5. The van der Waals surface area contributed by atoms with Crippen LogP contribution >= 0.6 is 24.8 Å². The van der Waals surface area contributed by atoms with Crippen LogP contribution in [0.3, 0.4) is 0 Å². The van der Waals surface area contributed by atoms with Gasteiger partial charge >= 0.3 is 5.97 Å². The van der Waals surface area contributed by atoms with Gasteiger partial charge in [-0.3, -0.25) is 9.69 Å². The lowest BCUT2D eigenvalue weighted by Gasteiger charge is -2.37. The Labute approximate surface area is 130 Å². The zero-order valence-electron chi connectivity index (χ0n) is 11.2. The fourth-order valence-corrected chi connectivity index (χ4v) is 2.18. The van der Waals surface area contributed by atoms with Gasteiger partial charge in [0.05, 0.1) is 0 Å². The van der Waals surface area contributed by atoms with E-state index in [0.717, 1.165) is 18.8 Å². The molecular formula is C13H19Cl2FN2O2. The number of carboxylic acid groups (broad SMARTS) is 1. The van der Waals surface area contributed by atoms with Crippen molar-refractivity contribution in [1.82, 2.24) is 4.90 Å². The van der Waals surface area contributed by atoms with Gasteiger partial charge in [-0.15, -0.1) is 24.8 Å². The van der Waals surface area contributed by atoms with Crippen molar-refractivity contribution in [2.45, 2.75) is 13.0 Å². The first-order valence-electron chi connectivity index (χ1n) is 6.05. The summed E-state index contributed by atoms with van der Waals surface area (Å²) >= 11 is 0. The molecule has 0 aromatic heterocycles. The summed E-state index contributed by atoms with van der Waals surface area (Å²) in [4.78, 5) is 15.0. The van der Waals surface area contributed by atoms with E-state index in [1.807, 2.05) is 4.90 Å². The van der Waals surface area contributed by atoms with Crippen LogP contribution in [-0.4, -0.2) is 48.2 Å². The standard InChI is InChI=1S/C13H17FN2O2.2ClH/c1-10(13(17)18)15-6-8-16(9-7-15)12-4-2-11(14)3-5-12;;/h2-5,10H,6-9H2,1H3,(H,17,18);2*1H. The van der Waals surface area contributed by atoms with E-state index in [9.17, 15) is 9.18 Å². The summed E-state index contributed by atoms with van der Waals surface area (Å²) in [5, 5.41) is 8.95. The van der Waals surface area contributed by atoms with Crippen molar-refractivity contribution in [2.24, 2.45) is 0 Å². The average Bonchev–Trinajstić information content (AvgIpc) is 2.39. The number of hydrogen-bond donors (Lipinski definition) is 1. The zero-order valence-corrected chi connectivity index (χ0v) is 12.8. The molecule has 2 rings (SSSR count). The van der Waals surface area contributed by atoms with E-state index in [2.05, 4.69) is 4.90 Å². The molecule has 1 aliphatic rings. The number of carboxylic acids is 1. The summed E-state index contributed by atoms with van der Waals surface area (Å²) < 4.78 is 12.8. The fourth-order valence-electron chi connectivity index (χ4n) is 2.18. The number of aliphatic carboxylic acids is 1. The minimum Gasteiger partial charge on any atom is -0.480 e. The van der Waals surface area contributed by atoms with E-state index in [1.165, 1.54) is 12.1 Å². The molecule has 1 heterocycles. The summed E-state index contributed by atoms with van der Waals surface area (Å²) in [5.74, 6) is -1.03. The van der Waals surface area contributed by atoms with Crippen LogP contribution < -0.4 is 4.90 Å². The van der Waals surface area contributed by atoms with Crippen LogP contribution in [0.15, 0.2) is 24.3 Å². The Morgan fingerprint density at radius 1 is 1.15 bits per heavy atom. The number of nitrogens with zero attached hydrogens (tertiary/aromatic N) is 2. The van der Waals surface area contributed by atoms with Crippen LogP contribution in [0.1, 0.15) is 6.92 Å². The molecule has 0 radical (unpaired) electrons. The molecule has 1 fully saturated rings. The minimum absolute atomic E-state index is 0. The molecule has 0 saturated carbocycles. The highest BCUT2D eigenvalue weighted by Gasteiger charge is 2.25. The first-order chi connectivity index (χ1) is 8.58. The second kappa shape index (κ2) is 8.29. The van der Waals surface area contributed by atoms with Gasteiger partial charge in [-0.05, 0) is 31.2 Å². The molecule has 0 amide bonds. The number of piperazine rings is 1. The van der Waals surface area contributed by atoms with Crippen molar-refractivity contribution >= 4 is 36.5 Å². The van der Waals surface area contributed by atoms with Crippen molar-refractivity contribution < 1.29 is 14.3 Å². The Bertz CT molecular complexity index is 423. The van der Waals surface area contributed by atoms with E-state index in [-0.39, 0.29) is 30.6 Å². The van der Waals surface area contributed by atoms with Crippen molar-refractivity contribution in [1.29, 1.82) is 0 Å². The van der Waals surface area contributed by atoms with Gasteiger partial charge in [0.25, 0.3) is 0 Å². The Kier molecular flexibility index (Phi) is 7.86. The molecular weight excluding hydrogens is 306 g/mol. The van der Waals surface area contributed by atoms with Crippen LogP contribution in [0.5, 0.6) is 0 Å². The van der Waals surface area contributed by atoms with Gasteiger partial charge in [0.2, 0.25) is 0 Å². The zero-order chi connectivity index (χ0) is 13.1. The lowest BCUT2D eigenvalue weighted by Crippen LogP contribution is -2.51. The number of carbonyl (C=O) groups is 1. The number of rotatable bonds is 3. The Balaban J connectivity index is 0.00000180. The molecule has 0 bridgehead atoms. The van der Waals surface area contributed by atoms with Gasteiger partial charge in [0.1, 0.15) is 11.9 Å². The summed E-state index contributed by atoms with van der Waals surface area (Å²) in [6, 6.07) is 5.96. The summed E-state index contributed by atoms with van der Waals surface area (Å²) in [6.45, 7) is 4.66. The first-order valence-corrected chi connectivity index (χ1v) is 6.05. The van der Waals surface area contributed by atoms with Gasteiger partial charge in [0.15, 0.2) is 0 Å². The van der Waals surface area contributed by atoms with E-state index in [4.69, 9.17) is 5.11 Å². The third-order valence-corrected chi connectivity index (χ3v) is 3.41. The highest BCUT2D eigenvalue weighted by Crippen LogP contribution is 2.17. The quantitative estimate of drug-likeness (QED) is 0.926. The minimum atomic E-state index is -0.787. The molecule has 7 heteroatoms. The van der Waals surface area contributed by atoms with Gasteiger partial charge in [-0.2, -0.15) is 0 Å². The molecule has 1 unspecified atom stereocenters. The van der Waals surface area contributed by atoms with Gasteiger partial charge in [-0.1, -0.05) is 0 Å². The predicted molar refractivity (Wildman–Crippen MR) is 81.8 cm³/mol. The smallest absolute Gasteiger partial charge is 0.320 e. The van der Waals surface area contributed by atoms with E-state index < -0.39 is 12.0 Å². The second-order valence-corrected chi connectivity index (χ2v) is 4.51. The second-order valence-electron chi connectivity index (χ2n) is 4.51. The Morgan fingerprint density at radius 3 is 2.10 bits per heavy atom. The lowest BCUT2D eigenvalue weighted by molar-refractivity contribution is -0.142. The highest BCUT2D eigenvalue weighted by molar-refractivity contribution is 5.85. The average molecular weight is 325 g/mol. The molecule has 1 aliphatic heterocycles. The van der Waals surface area contributed by atoms with E-state index in [0.29, 0.717) is 13.1 Å². The molecule has 1 N–H and O–H groups in total. The number of halogens is 3. The maximum Gasteiger partial charge on any atom is 0.320 e. The molecule has 1 saturated heterocycles. The Hall–Kier alpha value is -1.04. The molecule has 4 nitrogen and oxygen atoms in total. The van der Waals surface area contributed by atoms with Crippen molar-refractivity contribution in [2.75, 3.05) is 31.1 Å². The predicted octanol–water partition coefficient (Wildman–Crippen LogP) is 2.26. The number of anilines is 1. The maximum atomic E-state index is 12.8. The normalized spacial score (nSPS) is 16.8. The number of benzene rings is 1. The molecule has 0 spiro atoms. The molecule has 1 aromatic rings. The Morgan fingerprint density at radius 2 is 1.65 bits per heavy atom. The van der Waals surface area contributed by atoms with Crippen LogP contribution in [0, 0.1) is 5.82 Å². The third kappa shape index (κ3) is 4.51. The third-order valence-electron chi connectivity index (χ3n) is 3.41. The van der Waals surface area contributed by atoms with Crippen molar-refractivity contribution in [3.63, 3.8) is 0 Å². The lowest BCUT2D eigenvalue weighted by atomic mass is 10.2. The van der Waals surface area contributed by atoms with Gasteiger partial charge < -0.3 is 10.0 Å². The topological polar surface area (TPSA) is 43.8 Å². The summed E-state index contributed by atoms with van der Waals surface area (Å²) in [5.41, 5.74) is 0.985. The van der Waals surface area contributed by atoms with Crippen LogP contribution in [0.4, 0.5) is 10.1 Å². The fraction of sp³-hybridized carbons (Fsp3) is 0.462. The van der Waals surface area contributed by atoms with Crippen LogP contribution in [-0.2, 0) is 4.79 Å². The molecule has 114 valence electrons. The molecule has 1 atom stereocenters. The SMILES string of the molecule is CC(C(=O)O)N1CCN(c2ccc(F)cc2)CC1.Cl.Cl. The first kappa shape index (κ1) is 19.0. The molecule has 0 aliphatic carbocycles. The van der Waals surface area contributed by atoms with E-state index >= 15 is 0 Å². The molecule has 20 heavy (non-hydrogen) atoms. The van der Waals surface area contributed by atoms with E-state index in [1.54, 1.807) is 19.1 Å². The summed E-state index contributed by atoms with van der Waals surface area (Å²) in [7, 11) is 0. The van der Waals surface area contributed by atoms with Crippen molar-refractivity contribution in [3.8, 4) is 0 Å². The largest absolute Gasteiger partial charge is 0.480 e. The van der Waals surface area contributed by atoms with Crippen molar-refractivity contribution in [3.05, 3.63) is 30.1 Å².